The molecule has 0 spiro atoms. The Morgan fingerprint density at radius 2 is 2.24 bits per heavy atom. The van der Waals surface area contributed by atoms with E-state index in [2.05, 4.69) is 20.4 Å². The van der Waals surface area contributed by atoms with Crippen molar-refractivity contribution in [3.05, 3.63) is 48.4 Å². The van der Waals surface area contributed by atoms with Crippen molar-refractivity contribution in [1.82, 2.24) is 19.6 Å². The molecule has 0 aliphatic heterocycles. The summed E-state index contributed by atoms with van der Waals surface area (Å²) < 4.78 is 1.69. The molecule has 84 valence electrons. The monoisotopic (exact) mass is 225 g/mol. The van der Waals surface area contributed by atoms with Gasteiger partial charge in [0.05, 0.1) is 6.20 Å². The first-order chi connectivity index (χ1) is 8.31. The summed E-state index contributed by atoms with van der Waals surface area (Å²) in [6.45, 7) is 2.05. The molecule has 2 aromatic heterocycles. The van der Waals surface area contributed by atoms with Gasteiger partial charge in [0.2, 0.25) is 5.95 Å². The summed E-state index contributed by atoms with van der Waals surface area (Å²) in [6.07, 6.45) is 5.12. The number of nitrogens with zero attached hydrogens (tertiary/aromatic N) is 4. The highest BCUT2D eigenvalue weighted by Gasteiger charge is 2.02. The molecule has 5 heteroatoms. The van der Waals surface area contributed by atoms with E-state index in [9.17, 15) is 0 Å². The standard InChI is InChI=1S/C12H11N5/c1-9-3-2-4-10(7-9)14-12-15-11-8-13-5-6-17(11)16-12/h2-8H,1H3,(H,14,16). The van der Waals surface area contributed by atoms with Crippen LogP contribution in [0.15, 0.2) is 42.9 Å². The van der Waals surface area contributed by atoms with Gasteiger partial charge in [-0.15, -0.1) is 5.10 Å². The van der Waals surface area contributed by atoms with Gasteiger partial charge in [0.1, 0.15) is 0 Å². The van der Waals surface area contributed by atoms with E-state index in [1.807, 2.05) is 31.2 Å². The predicted octanol–water partition coefficient (Wildman–Crippen LogP) is 2.18. The number of rotatable bonds is 2. The second-order valence-electron chi connectivity index (χ2n) is 3.81. The van der Waals surface area contributed by atoms with Crippen molar-refractivity contribution in [3.63, 3.8) is 0 Å². The normalized spacial score (nSPS) is 10.6. The smallest absolute Gasteiger partial charge is 0.247 e. The molecule has 0 atom stereocenters. The zero-order valence-corrected chi connectivity index (χ0v) is 9.33. The zero-order valence-electron chi connectivity index (χ0n) is 9.33. The highest BCUT2D eigenvalue weighted by molar-refractivity contribution is 5.56. The van der Waals surface area contributed by atoms with Gasteiger partial charge in [-0.2, -0.15) is 4.98 Å². The first kappa shape index (κ1) is 9.77. The van der Waals surface area contributed by atoms with Crippen LogP contribution >= 0.6 is 0 Å². The largest absolute Gasteiger partial charge is 0.323 e. The quantitative estimate of drug-likeness (QED) is 0.726. The highest BCUT2D eigenvalue weighted by Crippen LogP contribution is 2.14. The molecule has 0 saturated carbocycles. The maximum atomic E-state index is 4.32. The van der Waals surface area contributed by atoms with E-state index in [4.69, 9.17) is 0 Å². The number of hydrogen-bond acceptors (Lipinski definition) is 4. The van der Waals surface area contributed by atoms with E-state index in [1.54, 1.807) is 23.1 Å². The molecular weight excluding hydrogens is 214 g/mol. The van der Waals surface area contributed by atoms with E-state index in [0.717, 1.165) is 11.3 Å². The molecule has 0 aliphatic rings. The van der Waals surface area contributed by atoms with Gasteiger partial charge >= 0.3 is 0 Å². The minimum Gasteiger partial charge on any atom is -0.323 e. The number of benzene rings is 1. The summed E-state index contributed by atoms with van der Waals surface area (Å²) in [5.41, 5.74) is 2.90. The molecule has 5 nitrogen and oxygen atoms in total. The lowest BCUT2D eigenvalue weighted by molar-refractivity contribution is 0.950. The van der Waals surface area contributed by atoms with Crippen LogP contribution in [-0.2, 0) is 0 Å². The lowest BCUT2D eigenvalue weighted by atomic mass is 10.2. The van der Waals surface area contributed by atoms with Crippen LogP contribution in [0.3, 0.4) is 0 Å². The van der Waals surface area contributed by atoms with Crippen LogP contribution in [0.2, 0.25) is 0 Å². The van der Waals surface area contributed by atoms with Crippen LogP contribution in [0.1, 0.15) is 5.56 Å². The van der Waals surface area contributed by atoms with E-state index in [0.29, 0.717) is 5.95 Å². The molecule has 2 heterocycles. The number of aromatic nitrogens is 4. The van der Waals surface area contributed by atoms with Gasteiger partial charge in [0, 0.05) is 18.1 Å². The summed E-state index contributed by atoms with van der Waals surface area (Å²) in [5, 5.41) is 7.46. The van der Waals surface area contributed by atoms with E-state index >= 15 is 0 Å². The average molecular weight is 225 g/mol. The fourth-order valence-corrected chi connectivity index (χ4v) is 1.65. The first-order valence-corrected chi connectivity index (χ1v) is 5.31. The van der Waals surface area contributed by atoms with Crippen LogP contribution in [0.5, 0.6) is 0 Å². The molecule has 0 radical (unpaired) electrons. The molecule has 0 amide bonds. The van der Waals surface area contributed by atoms with Gasteiger partial charge in [0.15, 0.2) is 5.65 Å². The van der Waals surface area contributed by atoms with E-state index in [-0.39, 0.29) is 0 Å². The second-order valence-corrected chi connectivity index (χ2v) is 3.81. The molecule has 17 heavy (non-hydrogen) atoms. The topological polar surface area (TPSA) is 55.1 Å². The average Bonchev–Trinajstić information content (AvgIpc) is 2.71. The van der Waals surface area contributed by atoms with Crippen molar-refractivity contribution >= 4 is 17.3 Å². The Balaban J connectivity index is 1.94. The number of aryl methyl sites for hydroxylation is 1. The number of nitrogens with one attached hydrogen (secondary N) is 1. The maximum Gasteiger partial charge on any atom is 0.247 e. The zero-order chi connectivity index (χ0) is 11.7. The fraction of sp³-hybridized carbons (Fsp3) is 0.0833. The van der Waals surface area contributed by atoms with Crippen molar-refractivity contribution in [3.8, 4) is 0 Å². The summed E-state index contributed by atoms with van der Waals surface area (Å²) in [6, 6.07) is 8.07. The molecule has 0 fully saturated rings. The summed E-state index contributed by atoms with van der Waals surface area (Å²) in [4.78, 5) is 8.31. The summed E-state index contributed by atoms with van der Waals surface area (Å²) in [7, 11) is 0. The molecule has 3 aromatic rings. The second kappa shape index (κ2) is 3.86. The van der Waals surface area contributed by atoms with E-state index < -0.39 is 0 Å². The van der Waals surface area contributed by atoms with Crippen molar-refractivity contribution in [2.24, 2.45) is 0 Å². The highest BCUT2D eigenvalue weighted by atomic mass is 15.3. The van der Waals surface area contributed by atoms with Crippen LogP contribution < -0.4 is 5.32 Å². The Kier molecular flexibility index (Phi) is 2.22. The Hall–Kier alpha value is -2.43. The van der Waals surface area contributed by atoms with Gasteiger partial charge in [-0.25, -0.2) is 4.52 Å². The Bertz CT molecular complexity index is 626. The third-order valence-corrected chi connectivity index (χ3v) is 2.42. The first-order valence-electron chi connectivity index (χ1n) is 5.31. The molecular formula is C12H11N5. The predicted molar refractivity (Wildman–Crippen MR) is 65.2 cm³/mol. The minimum absolute atomic E-state index is 0.573. The number of fused-ring (bicyclic) bond motifs is 1. The summed E-state index contributed by atoms with van der Waals surface area (Å²) in [5.74, 6) is 0.573. The van der Waals surface area contributed by atoms with Crippen molar-refractivity contribution in [1.29, 1.82) is 0 Å². The number of hydrogen-bond donors (Lipinski definition) is 1. The Morgan fingerprint density at radius 1 is 1.29 bits per heavy atom. The molecule has 0 bridgehead atoms. The number of anilines is 2. The molecule has 1 N–H and O–H groups in total. The molecule has 1 aromatic carbocycles. The maximum absolute atomic E-state index is 4.32. The van der Waals surface area contributed by atoms with Gasteiger partial charge in [-0.1, -0.05) is 12.1 Å². The van der Waals surface area contributed by atoms with Gasteiger partial charge in [-0.05, 0) is 24.6 Å². The molecule has 0 unspecified atom stereocenters. The third-order valence-electron chi connectivity index (χ3n) is 2.42. The Labute approximate surface area is 98.1 Å². The van der Waals surface area contributed by atoms with Crippen molar-refractivity contribution in [2.45, 2.75) is 6.92 Å². The SMILES string of the molecule is Cc1cccc(Nc2nc3cnccn3n2)c1. The lowest BCUT2D eigenvalue weighted by Crippen LogP contribution is -1.93. The van der Waals surface area contributed by atoms with Gasteiger partial charge in [0.25, 0.3) is 0 Å². The Morgan fingerprint density at radius 3 is 3.06 bits per heavy atom. The molecule has 0 saturated heterocycles. The van der Waals surface area contributed by atoms with Crippen LogP contribution in [0.25, 0.3) is 5.65 Å². The fourth-order valence-electron chi connectivity index (χ4n) is 1.65. The summed E-state index contributed by atoms with van der Waals surface area (Å²) >= 11 is 0. The van der Waals surface area contributed by atoms with E-state index in [1.165, 1.54) is 5.56 Å². The third kappa shape index (κ3) is 1.94. The van der Waals surface area contributed by atoms with Crippen LogP contribution in [-0.4, -0.2) is 19.6 Å². The minimum atomic E-state index is 0.573. The van der Waals surface area contributed by atoms with Gasteiger partial charge in [-0.3, -0.25) is 4.98 Å². The lowest BCUT2D eigenvalue weighted by Gasteiger charge is -2.01. The van der Waals surface area contributed by atoms with Crippen molar-refractivity contribution < 1.29 is 0 Å². The van der Waals surface area contributed by atoms with Crippen molar-refractivity contribution in [2.75, 3.05) is 5.32 Å². The molecule has 0 aliphatic carbocycles. The van der Waals surface area contributed by atoms with Gasteiger partial charge < -0.3 is 5.32 Å². The molecule has 3 rings (SSSR count). The van der Waals surface area contributed by atoms with Crippen LogP contribution in [0.4, 0.5) is 11.6 Å². The van der Waals surface area contributed by atoms with Crippen LogP contribution in [0, 0.1) is 6.92 Å².